The van der Waals surface area contributed by atoms with Crippen molar-refractivity contribution in [2.75, 3.05) is 7.11 Å². The fourth-order valence-electron chi connectivity index (χ4n) is 2.50. The maximum Gasteiger partial charge on any atom is 0.416 e. The number of carbonyl (C=O) groups is 1. The van der Waals surface area contributed by atoms with Crippen molar-refractivity contribution in [3.8, 4) is 5.75 Å². The number of rotatable bonds is 3. The summed E-state index contributed by atoms with van der Waals surface area (Å²) in [5.41, 5.74) is -0.271. The molecule has 0 unspecified atom stereocenters. The lowest BCUT2D eigenvalue weighted by Crippen LogP contribution is -2.10. The van der Waals surface area contributed by atoms with E-state index in [1.807, 2.05) is 0 Å². The van der Waals surface area contributed by atoms with Crippen LogP contribution in [0.5, 0.6) is 5.75 Å². The molecule has 0 saturated heterocycles. The number of aliphatic imine (C=N–C) groups is 1. The Morgan fingerprint density at radius 3 is 2.41 bits per heavy atom. The zero-order chi connectivity index (χ0) is 21.2. The summed E-state index contributed by atoms with van der Waals surface area (Å²) >= 11 is 0.958. The van der Waals surface area contributed by atoms with Crippen molar-refractivity contribution in [3.63, 3.8) is 0 Å². The number of phenolic OH excluding ortho intramolecular Hbond substituents is 1. The number of alkyl halides is 3. The van der Waals surface area contributed by atoms with Gasteiger partial charge in [-0.3, -0.25) is 0 Å². The number of esters is 1. The first-order valence-corrected chi connectivity index (χ1v) is 8.97. The second kappa shape index (κ2) is 8.04. The summed E-state index contributed by atoms with van der Waals surface area (Å²) in [7, 11) is 1.14. The van der Waals surface area contributed by atoms with Crippen LogP contribution in [0.2, 0.25) is 0 Å². The number of phenols is 1. The van der Waals surface area contributed by atoms with Crippen molar-refractivity contribution < 1.29 is 32.9 Å². The Labute approximate surface area is 167 Å². The molecule has 9 heteroatoms. The van der Waals surface area contributed by atoms with Gasteiger partial charge in [0.25, 0.3) is 0 Å². The number of carbonyl (C=O) groups excluding carboxylic acids is 1. The fraction of sp³-hybridized carbons (Fsp3) is 0.100. The predicted molar refractivity (Wildman–Crippen MR) is 104 cm³/mol. The van der Waals surface area contributed by atoms with E-state index in [1.54, 1.807) is 12.1 Å². The van der Waals surface area contributed by atoms with Crippen LogP contribution in [0.4, 0.5) is 18.9 Å². The van der Waals surface area contributed by atoms with E-state index < -0.39 is 17.7 Å². The minimum atomic E-state index is -4.47. The lowest BCUT2D eigenvalue weighted by Gasteiger charge is -2.06. The largest absolute Gasteiger partial charge is 0.508 e. The summed E-state index contributed by atoms with van der Waals surface area (Å²) in [6, 6.07) is 10.3. The van der Waals surface area contributed by atoms with Gasteiger partial charge in [-0.25, -0.2) is 9.79 Å². The number of halogens is 3. The summed E-state index contributed by atoms with van der Waals surface area (Å²) in [4.78, 5) is 16.6. The van der Waals surface area contributed by atoms with E-state index in [2.05, 4.69) is 9.73 Å². The average molecular weight is 421 g/mol. The van der Waals surface area contributed by atoms with Gasteiger partial charge in [-0.05, 0) is 48.0 Å². The Kier molecular flexibility index (Phi) is 5.69. The second-order valence-corrected chi connectivity index (χ2v) is 6.91. The number of nitrogens with zero attached hydrogens (tertiary/aromatic N) is 1. The standard InChI is InChI=1S/C20H14F3NO4S/c1-28-19(27)16-17(26)15(10-11-3-2-4-14(25)9-11)29-18(16)24-13-7-5-12(6-8-13)20(21,22)23/h2-10,25-26H,1H3. The molecule has 2 aromatic rings. The van der Waals surface area contributed by atoms with Crippen LogP contribution >= 0.6 is 11.8 Å². The van der Waals surface area contributed by atoms with Gasteiger partial charge in [0.1, 0.15) is 22.1 Å². The van der Waals surface area contributed by atoms with Gasteiger partial charge in [0.05, 0.1) is 23.3 Å². The summed E-state index contributed by atoms with van der Waals surface area (Å²) in [5, 5.41) is 20.1. The number of methoxy groups -OCH3 is 1. The third-order valence-corrected chi connectivity index (χ3v) is 4.89. The van der Waals surface area contributed by atoms with Crippen LogP contribution in [-0.4, -0.2) is 28.3 Å². The lowest BCUT2D eigenvalue weighted by molar-refractivity contribution is -0.137. The molecule has 0 fully saturated rings. The van der Waals surface area contributed by atoms with Crippen molar-refractivity contribution in [1.29, 1.82) is 0 Å². The molecule has 5 nitrogen and oxygen atoms in total. The topological polar surface area (TPSA) is 79.1 Å². The van der Waals surface area contributed by atoms with Crippen LogP contribution in [0.25, 0.3) is 6.08 Å². The molecular formula is C20H14F3NO4S. The van der Waals surface area contributed by atoms with Crippen molar-refractivity contribution in [3.05, 3.63) is 75.9 Å². The van der Waals surface area contributed by atoms with E-state index >= 15 is 0 Å². The molecule has 0 saturated carbocycles. The van der Waals surface area contributed by atoms with Gasteiger partial charge >= 0.3 is 12.1 Å². The van der Waals surface area contributed by atoms with E-state index in [-0.39, 0.29) is 32.7 Å². The lowest BCUT2D eigenvalue weighted by atomic mass is 10.1. The Bertz CT molecular complexity index is 1040. The fourth-order valence-corrected chi connectivity index (χ4v) is 3.53. The van der Waals surface area contributed by atoms with Gasteiger partial charge in [0.2, 0.25) is 0 Å². The molecule has 0 aromatic heterocycles. The Morgan fingerprint density at radius 1 is 1.14 bits per heavy atom. The number of hydrogen-bond donors (Lipinski definition) is 2. The molecule has 1 aliphatic heterocycles. The van der Waals surface area contributed by atoms with E-state index in [0.717, 1.165) is 31.0 Å². The van der Waals surface area contributed by atoms with Crippen LogP contribution in [0.3, 0.4) is 0 Å². The third kappa shape index (κ3) is 4.62. The summed E-state index contributed by atoms with van der Waals surface area (Å²) in [6.45, 7) is 0. The van der Waals surface area contributed by atoms with Crippen molar-refractivity contribution >= 4 is 34.5 Å². The molecule has 1 heterocycles. The van der Waals surface area contributed by atoms with Gasteiger partial charge in [-0.15, -0.1) is 0 Å². The van der Waals surface area contributed by atoms with E-state index in [0.29, 0.717) is 5.56 Å². The summed E-state index contributed by atoms with van der Waals surface area (Å²) in [6.07, 6.45) is -2.93. The summed E-state index contributed by atoms with van der Waals surface area (Å²) < 4.78 is 42.8. The molecule has 0 bridgehead atoms. The summed E-state index contributed by atoms with van der Waals surface area (Å²) in [5.74, 6) is -1.17. The Hall–Kier alpha value is -3.20. The smallest absolute Gasteiger partial charge is 0.416 e. The molecule has 2 aromatic carbocycles. The molecule has 0 atom stereocenters. The zero-order valence-corrected chi connectivity index (χ0v) is 15.7. The molecule has 0 radical (unpaired) electrons. The first-order valence-electron chi connectivity index (χ1n) is 8.16. The highest BCUT2D eigenvalue weighted by atomic mass is 32.2. The van der Waals surface area contributed by atoms with Crippen LogP contribution in [0.1, 0.15) is 11.1 Å². The number of thioether (sulfide) groups is 1. The SMILES string of the molecule is COC(=O)C1=C(O)C(=Cc2cccc(O)c2)SC1=Nc1ccc(C(F)(F)F)cc1. The maximum absolute atomic E-state index is 12.7. The Morgan fingerprint density at radius 2 is 1.83 bits per heavy atom. The van der Waals surface area contributed by atoms with Crippen LogP contribution < -0.4 is 0 Å². The zero-order valence-electron chi connectivity index (χ0n) is 14.9. The third-order valence-electron chi connectivity index (χ3n) is 3.87. The van der Waals surface area contributed by atoms with Crippen molar-refractivity contribution in [1.82, 2.24) is 0 Å². The molecular weight excluding hydrogens is 407 g/mol. The first-order chi connectivity index (χ1) is 13.7. The Balaban J connectivity index is 2.00. The maximum atomic E-state index is 12.7. The molecule has 29 heavy (non-hydrogen) atoms. The van der Waals surface area contributed by atoms with Crippen LogP contribution in [-0.2, 0) is 15.7 Å². The highest BCUT2D eigenvalue weighted by Crippen LogP contribution is 2.40. The number of benzene rings is 2. The minimum Gasteiger partial charge on any atom is -0.508 e. The molecule has 2 N–H and O–H groups in total. The van der Waals surface area contributed by atoms with Gasteiger partial charge in [-0.2, -0.15) is 13.2 Å². The monoisotopic (exact) mass is 421 g/mol. The molecule has 150 valence electrons. The molecule has 0 spiro atoms. The molecule has 0 aliphatic carbocycles. The van der Waals surface area contributed by atoms with Gasteiger partial charge in [-0.1, -0.05) is 23.9 Å². The first kappa shape index (κ1) is 20.5. The van der Waals surface area contributed by atoms with E-state index in [1.165, 1.54) is 30.3 Å². The average Bonchev–Trinajstić information content (AvgIpc) is 2.96. The molecule has 1 aliphatic rings. The number of hydrogen-bond acceptors (Lipinski definition) is 6. The number of aliphatic hydroxyl groups is 1. The molecule has 3 rings (SSSR count). The van der Waals surface area contributed by atoms with Crippen LogP contribution in [0.15, 0.2) is 69.8 Å². The quantitative estimate of drug-likeness (QED) is 0.665. The number of aromatic hydroxyl groups is 1. The van der Waals surface area contributed by atoms with Gasteiger partial charge < -0.3 is 14.9 Å². The highest BCUT2D eigenvalue weighted by molar-refractivity contribution is 8.18. The molecule has 0 amide bonds. The van der Waals surface area contributed by atoms with E-state index in [9.17, 15) is 28.2 Å². The number of aliphatic hydroxyl groups excluding tert-OH is 1. The second-order valence-electron chi connectivity index (χ2n) is 5.88. The predicted octanol–water partition coefficient (Wildman–Crippen LogP) is 5.21. The van der Waals surface area contributed by atoms with E-state index in [4.69, 9.17) is 0 Å². The minimum absolute atomic E-state index is 0.0256. The van der Waals surface area contributed by atoms with Crippen molar-refractivity contribution in [2.45, 2.75) is 6.18 Å². The van der Waals surface area contributed by atoms with Gasteiger partial charge in [0, 0.05) is 0 Å². The van der Waals surface area contributed by atoms with Crippen LogP contribution in [0, 0.1) is 0 Å². The number of ether oxygens (including phenoxy) is 1. The highest BCUT2D eigenvalue weighted by Gasteiger charge is 2.33. The van der Waals surface area contributed by atoms with Crippen molar-refractivity contribution in [2.24, 2.45) is 4.99 Å². The normalized spacial score (nSPS) is 17.2. The van der Waals surface area contributed by atoms with Gasteiger partial charge in [0.15, 0.2) is 0 Å².